The molecule has 0 amide bonds. The smallest absolute Gasteiger partial charge is 0.378 e. The van der Waals surface area contributed by atoms with Crippen LogP contribution < -0.4 is 0 Å². The molecule has 6 heteroatoms. The summed E-state index contributed by atoms with van der Waals surface area (Å²) < 4.78 is 28.9. The van der Waals surface area contributed by atoms with Gasteiger partial charge in [0, 0.05) is 6.92 Å². The fourth-order valence-electron chi connectivity index (χ4n) is 0.497. The Morgan fingerprint density at radius 1 is 1.50 bits per heavy atom. The summed E-state index contributed by atoms with van der Waals surface area (Å²) >= 11 is 0. The maximum atomic E-state index is 12.4. The second-order valence-corrected chi connectivity index (χ2v) is 2.18. The summed E-state index contributed by atoms with van der Waals surface area (Å²) in [4.78, 5) is 20.1. The fourth-order valence-corrected chi connectivity index (χ4v) is 0.497. The average molecular weight is 182 g/mol. The van der Waals surface area contributed by atoms with Crippen molar-refractivity contribution >= 4 is 11.9 Å². The molecule has 0 saturated heterocycles. The number of aliphatic carboxylic acids is 1. The van der Waals surface area contributed by atoms with Crippen LogP contribution in [0, 0.1) is 0 Å². The molecule has 0 aliphatic carbocycles. The van der Waals surface area contributed by atoms with Crippen LogP contribution in [0.15, 0.2) is 0 Å². The van der Waals surface area contributed by atoms with Gasteiger partial charge in [0.2, 0.25) is 0 Å². The molecule has 0 aromatic rings. The fraction of sp³-hybridized carbons (Fsp3) is 0.667. The van der Waals surface area contributed by atoms with Gasteiger partial charge in [-0.1, -0.05) is 0 Å². The SMILES string of the molecule is CC(=O)OC(C)C(F)(F)C(=O)O. The summed E-state index contributed by atoms with van der Waals surface area (Å²) in [6.07, 6.45) is -1.95. The van der Waals surface area contributed by atoms with Crippen molar-refractivity contribution in [2.75, 3.05) is 0 Å². The second kappa shape index (κ2) is 3.46. The molecular weight excluding hydrogens is 174 g/mol. The number of rotatable bonds is 3. The summed E-state index contributed by atoms with van der Waals surface area (Å²) in [6.45, 7) is 1.74. The third-order valence-electron chi connectivity index (χ3n) is 1.14. The lowest BCUT2D eigenvalue weighted by Crippen LogP contribution is -2.41. The van der Waals surface area contributed by atoms with Gasteiger partial charge in [-0.3, -0.25) is 4.79 Å². The number of hydrogen-bond acceptors (Lipinski definition) is 3. The maximum Gasteiger partial charge on any atom is 0.378 e. The predicted molar refractivity (Wildman–Crippen MR) is 33.8 cm³/mol. The number of esters is 1. The summed E-state index contributed by atoms with van der Waals surface area (Å²) in [5.74, 6) is -7.29. The third-order valence-corrected chi connectivity index (χ3v) is 1.14. The van der Waals surface area contributed by atoms with Crippen molar-refractivity contribution in [1.82, 2.24) is 0 Å². The highest BCUT2D eigenvalue weighted by molar-refractivity contribution is 5.77. The third kappa shape index (κ3) is 2.44. The first kappa shape index (κ1) is 10.8. The number of halogens is 2. The van der Waals surface area contributed by atoms with Gasteiger partial charge < -0.3 is 9.84 Å². The van der Waals surface area contributed by atoms with Gasteiger partial charge in [0.1, 0.15) is 0 Å². The van der Waals surface area contributed by atoms with Gasteiger partial charge in [-0.2, -0.15) is 8.78 Å². The Bertz CT molecular complexity index is 202. The lowest BCUT2D eigenvalue weighted by atomic mass is 10.2. The van der Waals surface area contributed by atoms with E-state index in [1.165, 1.54) is 0 Å². The standard InChI is InChI=1S/C6H8F2O4/c1-3(12-4(2)9)6(7,8)5(10)11/h3H,1-2H3,(H,10,11). The van der Waals surface area contributed by atoms with Gasteiger partial charge in [-0.05, 0) is 6.92 Å². The Hall–Kier alpha value is -1.20. The van der Waals surface area contributed by atoms with Crippen LogP contribution in [-0.4, -0.2) is 29.1 Å². The van der Waals surface area contributed by atoms with Crippen LogP contribution in [0.25, 0.3) is 0 Å². The van der Waals surface area contributed by atoms with Crippen LogP contribution in [0.2, 0.25) is 0 Å². The molecule has 1 unspecified atom stereocenters. The van der Waals surface area contributed by atoms with E-state index in [4.69, 9.17) is 5.11 Å². The van der Waals surface area contributed by atoms with E-state index in [0.29, 0.717) is 0 Å². The highest BCUT2D eigenvalue weighted by Crippen LogP contribution is 2.21. The minimum Gasteiger partial charge on any atom is -0.477 e. The van der Waals surface area contributed by atoms with E-state index in [9.17, 15) is 18.4 Å². The van der Waals surface area contributed by atoms with E-state index >= 15 is 0 Å². The molecule has 0 saturated carbocycles. The van der Waals surface area contributed by atoms with Gasteiger partial charge in [0.15, 0.2) is 6.10 Å². The van der Waals surface area contributed by atoms with Crippen molar-refractivity contribution in [3.63, 3.8) is 0 Å². The molecular formula is C6H8F2O4. The minimum absolute atomic E-state index is 0.815. The quantitative estimate of drug-likeness (QED) is 0.651. The van der Waals surface area contributed by atoms with Crippen LogP contribution >= 0.6 is 0 Å². The Morgan fingerprint density at radius 2 is 1.92 bits per heavy atom. The first-order chi connectivity index (χ1) is 5.28. The number of alkyl halides is 2. The molecule has 0 bridgehead atoms. The molecule has 4 nitrogen and oxygen atoms in total. The highest BCUT2D eigenvalue weighted by Gasteiger charge is 2.47. The number of hydrogen-bond donors (Lipinski definition) is 1. The van der Waals surface area contributed by atoms with Crippen molar-refractivity contribution in [2.24, 2.45) is 0 Å². The first-order valence-electron chi connectivity index (χ1n) is 3.07. The second-order valence-electron chi connectivity index (χ2n) is 2.18. The van der Waals surface area contributed by atoms with Gasteiger partial charge in [-0.25, -0.2) is 4.79 Å². The number of carbonyl (C=O) groups is 2. The highest BCUT2D eigenvalue weighted by atomic mass is 19.3. The van der Waals surface area contributed by atoms with Crippen molar-refractivity contribution in [3.8, 4) is 0 Å². The molecule has 0 aromatic heterocycles. The Morgan fingerprint density at radius 3 is 2.17 bits per heavy atom. The summed E-state index contributed by atoms with van der Waals surface area (Å²) in [5, 5.41) is 7.98. The zero-order valence-electron chi connectivity index (χ0n) is 6.51. The van der Waals surface area contributed by atoms with E-state index in [1.54, 1.807) is 0 Å². The van der Waals surface area contributed by atoms with E-state index < -0.39 is 24.0 Å². The molecule has 1 N–H and O–H groups in total. The zero-order valence-corrected chi connectivity index (χ0v) is 6.51. The monoisotopic (exact) mass is 182 g/mol. The van der Waals surface area contributed by atoms with Crippen LogP contribution in [0.5, 0.6) is 0 Å². The van der Waals surface area contributed by atoms with E-state index in [-0.39, 0.29) is 0 Å². The Kier molecular flexibility index (Phi) is 3.12. The summed E-state index contributed by atoms with van der Waals surface area (Å²) in [6, 6.07) is 0. The Balaban J connectivity index is 4.35. The maximum absolute atomic E-state index is 12.4. The number of carbonyl (C=O) groups excluding carboxylic acids is 1. The van der Waals surface area contributed by atoms with Gasteiger partial charge in [0.25, 0.3) is 0 Å². The van der Waals surface area contributed by atoms with E-state index in [1.807, 2.05) is 0 Å². The normalized spacial score (nSPS) is 13.7. The zero-order chi connectivity index (χ0) is 9.94. The molecule has 0 fully saturated rings. The van der Waals surface area contributed by atoms with Crippen molar-refractivity contribution in [2.45, 2.75) is 25.9 Å². The molecule has 0 spiro atoms. The topological polar surface area (TPSA) is 63.6 Å². The molecule has 12 heavy (non-hydrogen) atoms. The summed E-state index contributed by atoms with van der Waals surface area (Å²) in [5.41, 5.74) is 0. The number of carboxylic acids is 1. The first-order valence-corrected chi connectivity index (χ1v) is 3.07. The number of ether oxygens (including phenoxy) is 1. The molecule has 70 valence electrons. The van der Waals surface area contributed by atoms with Crippen LogP contribution in [0.1, 0.15) is 13.8 Å². The molecule has 0 radical (unpaired) electrons. The van der Waals surface area contributed by atoms with Gasteiger partial charge in [-0.15, -0.1) is 0 Å². The largest absolute Gasteiger partial charge is 0.477 e. The predicted octanol–water partition coefficient (Wildman–Crippen LogP) is 0.658. The van der Waals surface area contributed by atoms with Crippen molar-refractivity contribution in [1.29, 1.82) is 0 Å². The minimum atomic E-state index is -4.04. The van der Waals surface area contributed by atoms with Crippen LogP contribution in [0.3, 0.4) is 0 Å². The molecule has 0 aliphatic heterocycles. The van der Waals surface area contributed by atoms with Crippen LogP contribution in [0.4, 0.5) is 8.78 Å². The van der Waals surface area contributed by atoms with Crippen LogP contribution in [-0.2, 0) is 14.3 Å². The van der Waals surface area contributed by atoms with Gasteiger partial charge >= 0.3 is 17.9 Å². The molecule has 0 heterocycles. The van der Waals surface area contributed by atoms with Crippen molar-refractivity contribution in [3.05, 3.63) is 0 Å². The number of carboxylic acid groups (broad SMARTS) is 1. The average Bonchev–Trinajstić information content (AvgIpc) is 1.85. The molecule has 0 aliphatic rings. The lowest BCUT2D eigenvalue weighted by molar-refractivity contribution is -0.189. The molecule has 1 atom stereocenters. The van der Waals surface area contributed by atoms with Crippen molar-refractivity contribution < 1.29 is 28.2 Å². The van der Waals surface area contributed by atoms with E-state index in [0.717, 1.165) is 13.8 Å². The van der Waals surface area contributed by atoms with E-state index in [2.05, 4.69) is 4.74 Å². The molecule has 0 aromatic carbocycles. The summed E-state index contributed by atoms with van der Waals surface area (Å²) in [7, 11) is 0. The Labute approximate surface area is 67.1 Å². The lowest BCUT2D eigenvalue weighted by Gasteiger charge is -2.18. The van der Waals surface area contributed by atoms with Gasteiger partial charge in [0.05, 0.1) is 0 Å². The molecule has 0 rings (SSSR count).